The van der Waals surface area contributed by atoms with E-state index in [9.17, 15) is 4.79 Å². The Bertz CT molecular complexity index is 505. The van der Waals surface area contributed by atoms with E-state index in [1.165, 1.54) is 6.42 Å². The number of carbonyl (C=O) groups excluding carboxylic acids is 1. The van der Waals surface area contributed by atoms with Crippen LogP contribution in [0.4, 0.5) is 0 Å². The SMILES string of the molecule is CCN1CCC(CN2C(=O)CNC2c2ccc(Cl)cc2)C1. The van der Waals surface area contributed by atoms with E-state index < -0.39 is 0 Å². The van der Waals surface area contributed by atoms with E-state index in [4.69, 9.17) is 11.6 Å². The molecule has 2 heterocycles. The van der Waals surface area contributed by atoms with E-state index in [2.05, 4.69) is 17.1 Å². The van der Waals surface area contributed by atoms with Crippen molar-refractivity contribution in [1.82, 2.24) is 15.1 Å². The van der Waals surface area contributed by atoms with Gasteiger partial charge in [-0.25, -0.2) is 0 Å². The van der Waals surface area contributed by atoms with Crippen LogP contribution in [-0.2, 0) is 4.79 Å². The van der Waals surface area contributed by atoms with Gasteiger partial charge in [0.2, 0.25) is 5.91 Å². The molecule has 2 unspecified atom stereocenters. The molecule has 2 aliphatic heterocycles. The molecule has 4 nitrogen and oxygen atoms in total. The van der Waals surface area contributed by atoms with Crippen LogP contribution in [0.15, 0.2) is 24.3 Å². The molecule has 0 aliphatic carbocycles. The molecular formula is C16H22ClN3O. The van der Waals surface area contributed by atoms with Gasteiger partial charge in [0.15, 0.2) is 0 Å². The van der Waals surface area contributed by atoms with E-state index in [-0.39, 0.29) is 12.1 Å². The molecular weight excluding hydrogens is 286 g/mol. The highest BCUT2D eigenvalue weighted by Gasteiger charge is 2.34. The van der Waals surface area contributed by atoms with Gasteiger partial charge >= 0.3 is 0 Å². The van der Waals surface area contributed by atoms with Crippen LogP contribution in [0.1, 0.15) is 25.1 Å². The molecule has 2 aliphatic rings. The van der Waals surface area contributed by atoms with Crippen molar-refractivity contribution in [2.45, 2.75) is 19.5 Å². The van der Waals surface area contributed by atoms with Crippen LogP contribution >= 0.6 is 11.6 Å². The number of likely N-dealkylation sites (tertiary alicyclic amines) is 1. The molecule has 0 bridgehead atoms. The van der Waals surface area contributed by atoms with Crippen molar-refractivity contribution in [2.75, 3.05) is 32.7 Å². The Morgan fingerprint density at radius 2 is 2.10 bits per heavy atom. The fourth-order valence-electron chi connectivity index (χ4n) is 3.32. The van der Waals surface area contributed by atoms with Crippen LogP contribution in [-0.4, -0.2) is 48.4 Å². The van der Waals surface area contributed by atoms with E-state index in [1.54, 1.807) is 0 Å². The standard InChI is InChI=1S/C16H22ClN3O/c1-2-19-8-7-12(10-19)11-20-15(21)9-18-16(20)13-3-5-14(17)6-4-13/h3-6,12,16,18H,2,7-11H2,1H3. The first-order chi connectivity index (χ1) is 10.2. The predicted octanol–water partition coefficient (Wildman–Crippen LogP) is 2.11. The highest BCUT2D eigenvalue weighted by atomic mass is 35.5. The molecule has 0 spiro atoms. The Hall–Kier alpha value is -1.10. The van der Waals surface area contributed by atoms with Gasteiger partial charge < -0.3 is 9.80 Å². The first kappa shape index (κ1) is 14.8. The van der Waals surface area contributed by atoms with Gasteiger partial charge in [0, 0.05) is 18.1 Å². The summed E-state index contributed by atoms with van der Waals surface area (Å²) in [6.07, 6.45) is 1.18. The zero-order valence-corrected chi connectivity index (χ0v) is 13.1. The van der Waals surface area contributed by atoms with Gasteiger partial charge in [0.1, 0.15) is 6.17 Å². The molecule has 2 fully saturated rings. The van der Waals surface area contributed by atoms with Crippen molar-refractivity contribution in [1.29, 1.82) is 0 Å². The number of nitrogens with zero attached hydrogens (tertiary/aromatic N) is 2. The Kier molecular flexibility index (Phi) is 4.48. The third-order valence-electron chi connectivity index (χ3n) is 4.54. The predicted molar refractivity (Wildman–Crippen MR) is 84.1 cm³/mol. The lowest BCUT2D eigenvalue weighted by Gasteiger charge is -2.27. The Morgan fingerprint density at radius 1 is 1.33 bits per heavy atom. The van der Waals surface area contributed by atoms with Gasteiger partial charge in [-0.3, -0.25) is 10.1 Å². The van der Waals surface area contributed by atoms with Crippen LogP contribution in [0, 0.1) is 5.92 Å². The highest BCUT2D eigenvalue weighted by Crippen LogP contribution is 2.27. The normalized spacial score (nSPS) is 26.8. The van der Waals surface area contributed by atoms with Crippen LogP contribution in [0.5, 0.6) is 0 Å². The molecule has 1 amide bonds. The number of halogens is 1. The third kappa shape index (κ3) is 3.23. The summed E-state index contributed by atoms with van der Waals surface area (Å²) in [6.45, 7) is 6.83. The van der Waals surface area contributed by atoms with E-state index in [1.807, 2.05) is 29.2 Å². The Labute approximate surface area is 131 Å². The van der Waals surface area contributed by atoms with Crippen molar-refractivity contribution in [3.63, 3.8) is 0 Å². The molecule has 1 aromatic carbocycles. The first-order valence-electron chi connectivity index (χ1n) is 7.68. The minimum Gasteiger partial charge on any atom is -0.321 e. The zero-order valence-electron chi connectivity index (χ0n) is 12.4. The number of rotatable bonds is 4. The van der Waals surface area contributed by atoms with Gasteiger partial charge in [-0.05, 0) is 43.1 Å². The fraction of sp³-hybridized carbons (Fsp3) is 0.562. The second-order valence-corrected chi connectivity index (χ2v) is 6.37. The lowest BCUT2D eigenvalue weighted by atomic mass is 10.1. The van der Waals surface area contributed by atoms with E-state index in [0.29, 0.717) is 12.5 Å². The molecule has 114 valence electrons. The van der Waals surface area contributed by atoms with Crippen molar-refractivity contribution in [3.05, 3.63) is 34.9 Å². The number of carbonyl (C=O) groups is 1. The van der Waals surface area contributed by atoms with Crippen LogP contribution in [0.3, 0.4) is 0 Å². The quantitative estimate of drug-likeness (QED) is 0.925. The Morgan fingerprint density at radius 3 is 2.76 bits per heavy atom. The minimum atomic E-state index is -0.00885. The topological polar surface area (TPSA) is 35.6 Å². The number of nitrogens with one attached hydrogen (secondary N) is 1. The second kappa shape index (κ2) is 6.34. The van der Waals surface area contributed by atoms with Gasteiger partial charge in [0.05, 0.1) is 6.54 Å². The van der Waals surface area contributed by atoms with Crippen LogP contribution in [0.2, 0.25) is 5.02 Å². The van der Waals surface area contributed by atoms with Gasteiger partial charge in [-0.15, -0.1) is 0 Å². The first-order valence-corrected chi connectivity index (χ1v) is 8.06. The zero-order chi connectivity index (χ0) is 14.8. The van der Waals surface area contributed by atoms with Crippen molar-refractivity contribution in [3.8, 4) is 0 Å². The van der Waals surface area contributed by atoms with Gasteiger partial charge in [-0.1, -0.05) is 30.7 Å². The molecule has 2 saturated heterocycles. The van der Waals surface area contributed by atoms with Gasteiger partial charge in [-0.2, -0.15) is 0 Å². The minimum absolute atomic E-state index is 0.00885. The summed E-state index contributed by atoms with van der Waals surface area (Å²) in [5.74, 6) is 0.786. The summed E-state index contributed by atoms with van der Waals surface area (Å²) in [7, 11) is 0. The smallest absolute Gasteiger partial charge is 0.238 e. The maximum atomic E-state index is 12.2. The van der Waals surface area contributed by atoms with Crippen molar-refractivity contribution in [2.24, 2.45) is 5.92 Å². The highest BCUT2D eigenvalue weighted by molar-refractivity contribution is 6.30. The molecule has 0 saturated carbocycles. The number of amides is 1. The second-order valence-electron chi connectivity index (χ2n) is 5.93. The molecule has 3 rings (SSSR count). The largest absolute Gasteiger partial charge is 0.321 e. The lowest BCUT2D eigenvalue weighted by Crippen LogP contribution is -2.35. The monoisotopic (exact) mass is 307 g/mol. The summed E-state index contributed by atoms with van der Waals surface area (Å²) < 4.78 is 0. The summed E-state index contributed by atoms with van der Waals surface area (Å²) in [4.78, 5) is 16.6. The molecule has 2 atom stereocenters. The van der Waals surface area contributed by atoms with Crippen LogP contribution < -0.4 is 5.32 Å². The number of benzene rings is 1. The maximum absolute atomic E-state index is 12.2. The third-order valence-corrected chi connectivity index (χ3v) is 4.79. The van der Waals surface area contributed by atoms with E-state index in [0.717, 1.165) is 36.8 Å². The van der Waals surface area contributed by atoms with Crippen molar-refractivity contribution >= 4 is 17.5 Å². The van der Waals surface area contributed by atoms with Crippen LogP contribution in [0.25, 0.3) is 0 Å². The number of hydrogen-bond donors (Lipinski definition) is 1. The molecule has 0 aromatic heterocycles. The summed E-state index contributed by atoms with van der Waals surface area (Å²) in [6, 6.07) is 7.76. The van der Waals surface area contributed by atoms with Crippen molar-refractivity contribution < 1.29 is 4.79 Å². The molecule has 0 radical (unpaired) electrons. The maximum Gasteiger partial charge on any atom is 0.238 e. The average Bonchev–Trinajstić information content (AvgIpc) is 3.08. The van der Waals surface area contributed by atoms with E-state index >= 15 is 0 Å². The average molecular weight is 308 g/mol. The molecule has 5 heteroatoms. The van der Waals surface area contributed by atoms with Gasteiger partial charge in [0.25, 0.3) is 0 Å². The Balaban J connectivity index is 1.69. The molecule has 1 aromatic rings. The molecule has 1 N–H and O–H groups in total. The summed E-state index contributed by atoms with van der Waals surface area (Å²) in [5.41, 5.74) is 1.11. The summed E-state index contributed by atoms with van der Waals surface area (Å²) in [5, 5.41) is 4.04. The lowest BCUT2D eigenvalue weighted by molar-refractivity contribution is -0.128. The molecule has 21 heavy (non-hydrogen) atoms. The fourth-order valence-corrected chi connectivity index (χ4v) is 3.44. The summed E-state index contributed by atoms with van der Waals surface area (Å²) >= 11 is 5.95. The number of hydrogen-bond acceptors (Lipinski definition) is 3.